The average molecular weight is 433 g/mol. The maximum Gasteiger partial charge on any atom is 0.257 e. The maximum absolute atomic E-state index is 13.3. The van der Waals surface area contributed by atoms with Crippen molar-refractivity contribution in [2.45, 2.75) is 24.2 Å². The second-order valence-electron chi connectivity index (χ2n) is 6.02. The van der Waals surface area contributed by atoms with Crippen molar-refractivity contribution in [1.82, 2.24) is 10.6 Å². The number of hydrogen-bond acceptors (Lipinski definition) is 6. The molecule has 2 amide bonds. The Morgan fingerprint density at radius 1 is 1.46 bits per heavy atom. The number of halogens is 2. The summed E-state index contributed by atoms with van der Waals surface area (Å²) in [6.45, 7) is 4.23. The van der Waals surface area contributed by atoms with Gasteiger partial charge in [-0.1, -0.05) is 18.2 Å². The Balaban J connectivity index is 1.63. The molecule has 0 aromatic heterocycles. The van der Waals surface area contributed by atoms with Gasteiger partial charge in [0.05, 0.1) is 17.7 Å². The molecular weight excluding hydrogens is 411 g/mol. The summed E-state index contributed by atoms with van der Waals surface area (Å²) in [6.07, 6.45) is 0.803. The van der Waals surface area contributed by atoms with Crippen LogP contribution in [0.3, 0.4) is 0 Å². The van der Waals surface area contributed by atoms with Gasteiger partial charge in [-0.2, -0.15) is 0 Å². The molecule has 1 fully saturated rings. The highest BCUT2D eigenvalue weighted by Gasteiger charge is 2.29. The minimum absolute atomic E-state index is 0.0201. The van der Waals surface area contributed by atoms with Gasteiger partial charge < -0.3 is 24.3 Å². The minimum Gasteiger partial charge on any atom is -0.484 e. The number of carbonyl (C=O) groups excluding carboxylic acids is 2. The monoisotopic (exact) mass is 432 g/mol. The van der Waals surface area contributed by atoms with Crippen LogP contribution in [0.2, 0.25) is 5.02 Å². The fourth-order valence-corrected chi connectivity index (χ4v) is 3.25. The van der Waals surface area contributed by atoms with Crippen LogP contribution in [-0.2, 0) is 18.5 Å². The number of nitrogens with one attached hydrogen (secondary N) is 2. The van der Waals surface area contributed by atoms with Gasteiger partial charge in [-0.3, -0.25) is 9.59 Å². The van der Waals surface area contributed by atoms with E-state index < -0.39 is 5.82 Å². The van der Waals surface area contributed by atoms with Gasteiger partial charge in [0.15, 0.2) is 6.61 Å². The third-order valence-corrected chi connectivity index (χ3v) is 5.07. The van der Waals surface area contributed by atoms with Gasteiger partial charge in [0, 0.05) is 43.9 Å². The highest BCUT2D eigenvalue weighted by Crippen LogP contribution is 2.25. The van der Waals surface area contributed by atoms with Crippen molar-refractivity contribution in [3.8, 4) is 5.75 Å². The fourth-order valence-electron chi connectivity index (χ4n) is 2.29. The molecule has 0 spiro atoms. The summed E-state index contributed by atoms with van der Waals surface area (Å²) in [4.78, 5) is 24.0. The van der Waals surface area contributed by atoms with Crippen LogP contribution >= 0.6 is 23.6 Å². The number of benzene rings is 1. The number of ether oxygens (including phenoxy) is 2. The molecule has 1 saturated heterocycles. The first-order valence-corrected chi connectivity index (χ1v) is 9.71. The molecule has 0 saturated carbocycles. The largest absolute Gasteiger partial charge is 0.484 e. The summed E-state index contributed by atoms with van der Waals surface area (Å²) < 4.78 is 29.0. The van der Waals surface area contributed by atoms with Crippen LogP contribution in [0.25, 0.3) is 0 Å². The molecule has 2 unspecified atom stereocenters. The Kier molecular flexibility index (Phi) is 9.04. The van der Waals surface area contributed by atoms with Crippen molar-refractivity contribution in [3.63, 3.8) is 0 Å². The molecule has 1 aliphatic rings. The second-order valence-corrected chi connectivity index (χ2v) is 7.42. The molecule has 10 heteroatoms. The molecule has 1 aromatic rings. The first-order chi connectivity index (χ1) is 13.4. The average Bonchev–Trinajstić information content (AvgIpc) is 2.68. The number of methoxy groups -OCH3 is 1. The van der Waals surface area contributed by atoms with Gasteiger partial charge >= 0.3 is 0 Å². The highest BCUT2D eigenvalue weighted by atomic mass is 35.5. The quantitative estimate of drug-likeness (QED) is 0.583. The van der Waals surface area contributed by atoms with E-state index in [0.29, 0.717) is 25.1 Å². The minimum atomic E-state index is -0.620. The van der Waals surface area contributed by atoms with E-state index in [9.17, 15) is 14.0 Å². The first kappa shape index (κ1) is 22.5. The number of hydrogen-bond donors (Lipinski definition) is 2. The lowest BCUT2D eigenvalue weighted by Gasteiger charge is -2.26. The predicted octanol–water partition coefficient (Wildman–Crippen LogP) is 2.45. The van der Waals surface area contributed by atoms with Crippen molar-refractivity contribution >= 4 is 35.5 Å². The summed E-state index contributed by atoms with van der Waals surface area (Å²) in [7, 11) is 1.58. The van der Waals surface area contributed by atoms with Crippen LogP contribution in [0.4, 0.5) is 4.39 Å². The normalized spacial score (nSPS) is 19.0. The number of amides is 2. The molecule has 0 aliphatic carbocycles. The Hall–Kier alpha value is -1.81. The molecule has 154 valence electrons. The van der Waals surface area contributed by atoms with Crippen molar-refractivity contribution in [2.24, 2.45) is 0 Å². The van der Waals surface area contributed by atoms with E-state index in [1.807, 2.05) is 0 Å². The zero-order chi connectivity index (χ0) is 20.5. The zero-order valence-corrected chi connectivity index (χ0v) is 16.9. The number of rotatable bonds is 9. The van der Waals surface area contributed by atoms with Crippen molar-refractivity contribution < 1.29 is 27.6 Å². The maximum atomic E-state index is 13.3. The third-order valence-electron chi connectivity index (χ3n) is 3.85. The number of carbonyl (C=O) groups is 2. The van der Waals surface area contributed by atoms with Gasteiger partial charge in [0.25, 0.3) is 5.91 Å². The van der Waals surface area contributed by atoms with Crippen LogP contribution in [0.5, 0.6) is 5.75 Å². The van der Waals surface area contributed by atoms with Crippen LogP contribution in [0, 0.1) is 5.82 Å². The van der Waals surface area contributed by atoms with Gasteiger partial charge in [-0.15, -0.1) is 0 Å². The van der Waals surface area contributed by atoms with Crippen LogP contribution in [0.15, 0.2) is 30.5 Å². The summed E-state index contributed by atoms with van der Waals surface area (Å²) >= 11 is 6.69. The Labute approximate surface area is 172 Å². The summed E-state index contributed by atoms with van der Waals surface area (Å²) in [6, 6.07) is 3.92. The van der Waals surface area contributed by atoms with Gasteiger partial charge in [-0.05, 0) is 18.6 Å². The van der Waals surface area contributed by atoms with Gasteiger partial charge in [0.2, 0.25) is 5.91 Å². The SMILES string of the molecule is C=C(CCNC(=O)COc1ccc(Cl)c(F)c1)NC(=O)C1CC(OC)COS1. The van der Waals surface area contributed by atoms with Crippen molar-refractivity contribution in [2.75, 3.05) is 26.9 Å². The topological polar surface area (TPSA) is 85.9 Å². The molecule has 7 nitrogen and oxygen atoms in total. The van der Waals surface area contributed by atoms with Crippen molar-refractivity contribution in [3.05, 3.63) is 41.3 Å². The van der Waals surface area contributed by atoms with Crippen molar-refractivity contribution in [1.29, 1.82) is 0 Å². The molecule has 0 radical (unpaired) electrons. The molecule has 28 heavy (non-hydrogen) atoms. The fraction of sp³-hybridized carbons (Fsp3) is 0.444. The lowest BCUT2D eigenvalue weighted by Crippen LogP contribution is -2.39. The molecular formula is C18H22ClFN2O5S. The van der Waals surface area contributed by atoms with E-state index in [0.717, 1.165) is 18.1 Å². The van der Waals surface area contributed by atoms with E-state index in [1.165, 1.54) is 12.1 Å². The van der Waals surface area contributed by atoms with Gasteiger partial charge in [-0.25, -0.2) is 4.39 Å². The molecule has 0 bridgehead atoms. The van der Waals surface area contributed by atoms with Crippen LogP contribution in [-0.4, -0.2) is 50.0 Å². The standard InChI is InChI=1S/C18H22ClFN2O5S/c1-11(22-18(24)16-8-13(25-2)9-27-28-16)5-6-21-17(23)10-26-12-3-4-14(19)15(20)7-12/h3-4,7,13,16H,1,5-6,8-10H2,2H3,(H,21,23)(H,22,24). The van der Waals surface area contributed by atoms with E-state index in [-0.39, 0.29) is 47.1 Å². The Morgan fingerprint density at radius 2 is 2.25 bits per heavy atom. The van der Waals surface area contributed by atoms with E-state index in [1.54, 1.807) is 7.11 Å². The predicted molar refractivity (Wildman–Crippen MR) is 105 cm³/mol. The second kappa shape index (κ2) is 11.3. The lowest BCUT2D eigenvalue weighted by atomic mass is 10.2. The smallest absolute Gasteiger partial charge is 0.257 e. The Morgan fingerprint density at radius 3 is 2.96 bits per heavy atom. The Bertz CT molecular complexity index is 721. The third kappa shape index (κ3) is 7.31. The van der Waals surface area contributed by atoms with Crippen LogP contribution in [0.1, 0.15) is 12.8 Å². The summed E-state index contributed by atoms with van der Waals surface area (Å²) in [5, 5.41) is 4.95. The molecule has 2 atom stereocenters. The summed E-state index contributed by atoms with van der Waals surface area (Å²) in [5.41, 5.74) is 0.478. The van der Waals surface area contributed by atoms with Gasteiger partial charge in [0.1, 0.15) is 16.8 Å². The lowest BCUT2D eigenvalue weighted by molar-refractivity contribution is -0.123. The van der Waals surface area contributed by atoms with E-state index in [4.69, 9.17) is 25.3 Å². The summed E-state index contributed by atoms with van der Waals surface area (Å²) in [5.74, 6) is -1.01. The molecule has 1 aromatic carbocycles. The van der Waals surface area contributed by atoms with E-state index >= 15 is 0 Å². The zero-order valence-electron chi connectivity index (χ0n) is 15.3. The molecule has 2 N–H and O–H groups in total. The molecule has 1 aliphatic heterocycles. The molecule has 1 heterocycles. The first-order valence-electron chi connectivity index (χ1n) is 8.53. The molecule has 2 rings (SSSR count). The highest BCUT2D eigenvalue weighted by molar-refractivity contribution is 7.96. The van der Waals surface area contributed by atoms with Crippen LogP contribution < -0.4 is 15.4 Å². The van der Waals surface area contributed by atoms with E-state index in [2.05, 4.69) is 17.2 Å².